The van der Waals surface area contributed by atoms with Crippen LogP contribution in [0, 0.1) is 57.2 Å². The lowest BCUT2D eigenvalue weighted by Crippen LogP contribution is -2.71. The van der Waals surface area contributed by atoms with Crippen LogP contribution < -0.4 is 0 Å². The summed E-state index contributed by atoms with van der Waals surface area (Å²) in [5, 5.41) is 0. The van der Waals surface area contributed by atoms with Gasteiger partial charge in [0, 0.05) is 56.0 Å². The fourth-order valence-electron chi connectivity index (χ4n) is 17.7. The Kier molecular flexibility index (Phi) is 21.0. The number of hydrogen-bond acceptors (Lipinski definition) is 8. The molecule has 2 aliphatic heterocycles. The predicted octanol–water partition coefficient (Wildman–Crippen LogP) is 17.7. The minimum Gasteiger partial charge on any atom is -0.353 e. The summed E-state index contributed by atoms with van der Waals surface area (Å²) in [6.07, 6.45) is -13.7. The molecule has 80 heavy (non-hydrogen) atoms. The highest BCUT2D eigenvalue weighted by Gasteiger charge is 2.86. The third-order valence-electron chi connectivity index (χ3n) is 20.8. The lowest BCUT2D eigenvalue weighted by atomic mass is 9.51. The Hall–Kier alpha value is -1.68. The zero-order chi connectivity index (χ0) is 59.8. The fourth-order valence-corrected chi connectivity index (χ4v) is 17.7. The van der Waals surface area contributed by atoms with Gasteiger partial charge in [0.15, 0.2) is 25.2 Å². The topological polar surface area (TPSA) is 73.8 Å². The second kappa shape index (κ2) is 25.0. The summed E-state index contributed by atoms with van der Waals surface area (Å²) < 4.78 is 219. The van der Waals surface area contributed by atoms with Gasteiger partial charge in [-0.1, -0.05) is 52.7 Å². The van der Waals surface area contributed by atoms with Crippen molar-refractivity contribution < 1.29 is 90.6 Å². The number of alkyl halides is 12. The average Bonchev–Trinajstić information content (AvgIpc) is 4.35. The highest BCUT2D eigenvalue weighted by molar-refractivity contribution is 5.22. The summed E-state index contributed by atoms with van der Waals surface area (Å²) in [5.74, 6) is -1.47. The Morgan fingerprint density at radius 3 is 1.40 bits per heavy atom. The van der Waals surface area contributed by atoms with Crippen LogP contribution in [0.2, 0.25) is 0 Å². The molecule has 0 aromatic carbocycles. The molecule has 466 valence electrons. The molecule has 15 atom stereocenters. The quantitative estimate of drug-likeness (QED) is 0.0639. The molecule has 8 nitrogen and oxygen atoms in total. The Labute approximate surface area is 468 Å². The van der Waals surface area contributed by atoms with E-state index in [0.29, 0.717) is 64.1 Å². The summed E-state index contributed by atoms with van der Waals surface area (Å²) in [7, 11) is 0. The summed E-state index contributed by atoms with van der Waals surface area (Å²) >= 11 is 0. The molecular weight excluding hydrogens is 1080 g/mol. The molecule has 8 rings (SSSR count). The van der Waals surface area contributed by atoms with Crippen molar-refractivity contribution in [2.75, 3.05) is 26.4 Å². The van der Waals surface area contributed by atoms with Crippen LogP contribution >= 0.6 is 0 Å². The first kappa shape index (κ1) is 67.4. The molecular formula is C60H94F12O8. The SMILES string of the molecule is C=CC1CC2CCC1(C(OC1CCCO1)(C(F)(F)F)C(F)(F)F)C2.C=CC1CCCC1(C)OC(C)OCC.CCOC(C)OC1(C)CCCC1C(C)(CC)CC(C)(C)C1CC2CCC1(C(OC1CCCO1)(C(F)(F)F)C(F)(F)F)C2. The lowest BCUT2D eigenvalue weighted by molar-refractivity contribution is -0.444. The number of halogens is 12. The van der Waals surface area contributed by atoms with E-state index in [1.54, 1.807) is 0 Å². The van der Waals surface area contributed by atoms with Crippen LogP contribution in [0.5, 0.6) is 0 Å². The second-order valence-electron chi connectivity index (χ2n) is 26.1. The molecule has 2 saturated heterocycles. The zero-order valence-electron chi connectivity index (χ0n) is 49.1. The Bertz CT molecular complexity index is 1990. The average molecular weight is 1170 g/mol. The Balaban J connectivity index is 0.000000226. The van der Waals surface area contributed by atoms with Crippen molar-refractivity contribution in [3.05, 3.63) is 25.3 Å². The smallest absolute Gasteiger partial charge is 0.353 e. The number of rotatable bonds is 21. The molecule has 0 radical (unpaired) electrons. The second-order valence-corrected chi connectivity index (χ2v) is 26.1. The van der Waals surface area contributed by atoms with E-state index in [-0.39, 0.29) is 86.8 Å². The predicted molar refractivity (Wildman–Crippen MR) is 279 cm³/mol. The van der Waals surface area contributed by atoms with Gasteiger partial charge in [-0.15, -0.1) is 13.2 Å². The third kappa shape index (κ3) is 12.6. The van der Waals surface area contributed by atoms with Gasteiger partial charge in [0.25, 0.3) is 11.2 Å². The van der Waals surface area contributed by atoms with E-state index in [2.05, 4.69) is 40.9 Å². The maximum atomic E-state index is 15.2. The number of ether oxygens (including phenoxy) is 8. The molecule has 2 heterocycles. The van der Waals surface area contributed by atoms with E-state index < -0.39 is 88.5 Å². The Morgan fingerprint density at radius 1 is 0.537 bits per heavy atom. The summed E-state index contributed by atoms with van der Waals surface area (Å²) in [4.78, 5) is 0. The highest BCUT2D eigenvalue weighted by atomic mass is 19.4. The Morgan fingerprint density at radius 2 is 0.975 bits per heavy atom. The first-order valence-corrected chi connectivity index (χ1v) is 29.7. The lowest BCUT2D eigenvalue weighted by Gasteiger charge is -2.57. The zero-order valence-corrected chi connectivity index (χ0v) is 49.1. The van der Waals surface area contributed by atoms with Crippen molar-refractivity contribution in [2.24, 2.45) is 57.2 Å². The summed E-state index contributed by atoms with van der Waals surface area (Å²) in [5.41, 5.74) is -14.4. The van der Waals surface area contributed by atoms with Crippen molar-refractivity contribution >= 4 is 0 Å². The van der Waals surface area contributed by atoms with Crippen LogP contribution in [0.1, 0.15) is 198 Å². The molecule has 6 aliphatic carbocycles. The van der Waals surface area contributed by atoms with Gasteiger partial charge in [-0.25, -0.2) is 0 Å². The minimum absolute atomic E-state index is 0.0236. The first-order valence-electron chi connectivity index (χ1n) is 29.7. The van der Waals surface area contributed by atoms with Crippen LogP contribution in [0.15, 0.2) is 25.3 Å². The van der Waals surface area contributed by atoms with Gasteiger partial charge in [0.05, 0.1) is 11.2 Å². The third-order valence-corrected chi connectivity index (χ3v) is 20.8. The first-order chi connectivity index (χ1) is 37.0. The van der Waals surface area contributed by atoms with Crippen LogP contribution in [-0.4, -0.2) is 98.7 Å². The molecule has 8 aliphatic rings. The standard InChI is InChI=1S/C32H52F6O4.C16H20F6O2.C12H22O2/c1-8-27(6,23-12-10-15-28(23,7)41-21(3)39-9-2)20-26(4,5)24-18-22-14-16-29(24,19-22)30(31(33,34)35,32(36,37)38)42-25-13-11-17-40-25;1-2-11-8-10-5-6-13(11,9-10)14(15(17,18)19,16(20,21)22)24-12-4-3-7-23-12;1-5-11-8-7-9-12(11,4)14-10(3)13-6-2/h21-25H,8-20H2,1-7H3;2,10-12H,1,3-9H2;5,10-11H,1,6-9H2,2-4H3. The van der Waals surface area contributed by atoms with Crippen molar-refractivity contribution in [1.82, 2.24) is 0 Å². The number of fused-ring (bicyclic) bond motifs is 4. The fraction of sp³-hybridized carbons (Fsp3) is 0.933. The van der Waals surface area contributed by atoms with Gasteiger partial charge in [0.1, 0.15) is 0 Å². The molecule has 15 unspecified atom stereocenters. The van der Waals surface area contributed by atoms with E-state index in [1.807, 2.05) is 47.6 Å². The van der Waals surface area contributed by atoms with Crippen LogP contribution in [0.4, 0.5) is 52.7 Å². The van der Waals surface area contributed by atoms with E-state index in [9.17, 15) is 26.3 Å². The largest absolute Gasteiger partial charge is 0.427 e. The van der Waals surface area contributed by atoms with E-state index in [0.717, 1.165) is 32.1 Å². The molecule has 0 spiro atoms. The molecule has 20 heteroatoms. The van der Waals surface area contributed by atoms with E-state index >= 15 is 26.3 Å². The molecule has 8 fully saturated rings. The van der Waals surface area contributed by atoms with Gasteiger partial charge in [-0.3, -0.25) is 0 Å². The van der Waals surface area contributed by atoms with Crippen LogP contribution in [0.25, 0.3) is 0 Å². The van der Waals surface area contributed by atoms with Gasteiger partial charge in [-0.2, -0.15) is 52.7 Å². The minimum atomic E-state index is -5.65. The van der Waals surface area contributed by atoms with Gasteiger partial charge in [-0.05, 0) is 185 Å². The van der Waals surface area contributed by atoms with Crippen LogP contribution in [-0.2, 0) is 37.9 Å². The van der Waals surface area contributed by atoms with E-state index in [4.69, 9.17) is 37.9 Å². The molecule has 0 aromatic rings. The molecule has 0 aromatic heterocycles. The molecule has 0 N–H and O–H groups in total. The normalized spacial score (nSPS) is 36.3. The summed E-state index contributed by atoms with van der Waals surface area (Å²) in [6.45, 7) is 28.8. The van der Waals surface area contributed by atoms with Gasteiger partial charge < -0.3 is 37.9 Å². The van der Waals surface area contributed by atoms with Gasteiger partial charge in [0.2, 0.25) is 0 Å². The van der Waals surface area contributed by atoms with Crippen molar-refractivity contribution in [3.63, 3.8) is 0 Å². The van der Waals surface area contributed by atoms with Crippen molar-refractivity contribution in [2.45, 2.75) is 270 Å². The van der Waals surface area contributed by atoms with Gasteiger partial charge >= 0.3 is 24.7 Å². The van der Waals surface area contributed by atoms with E-state index in [1.165, 1.54) is 18.9 Å². The maximum absolute atomic E-state index is 15.2. The van der Waals surface area contributed by atoms with Crippen molar-refractivity contribution in [3.8, 4) is 0 Å². The highest BCUT2D eigenvalue weighted by Crippen LogP contribution is 2.75. The maximum Gasteiger partial charge on any atom is 0.427 e. The monoisotopic (exact) mass is 1170 g/mol. The molecule has 6 saturated carbocycles. The van der Waals surface area contributed by atoms with Crippen LogP contribution in [0.3, 0.4) is 0 Å². The summed E-state index contributed by atoms with van der Waals surface area (Å²) in [6, 6.07) is 0. The number of allylic oxidation sites excluding steroid dienone is 1. The molecule has 4 bridgehead atoms. The van der Waals surface area contributed by atoms with Crippen molar-refractivity contribution in [1.29, 1.82) is 0 Å². The number of hydrogen-bond donors (Lipinski definition) is 0. The molecule has 0 amide bonds.